The molecule has 1 saturated heterocycles. The van der Waals surface area contributed by atoms with Crippen LogP contribution in [0.3, 0.4) is 0 Å². The highest BCUT2D eigenvalue weighted by Crippen LogP contribution is 2.42. The molecule has 0 unspecified atom stereocenters. The van der Waals surface area contributed by atoms with Crippen LogP contribution in [0.4, 0.5) is 0 Å². The third-order valence-electron chi connectivity index (χ3n) is 8.42. The van der Waals surface area contributed by atoms with Gasteiger partial charge < -0.3 is 19.9 Å². The van der Waals surface area contributed by atoms with Crippen LogP contribution >= 0.6 is 23.2 Å². The topological polar surface area (TPSA) is 123 Å². The van der Waals surface area contributed by atoms with Gasteiger partial charge in [0, 0.05) is 61.3 Å². The van der Waals surface area contributed by atoms with E-state index in [0.29, 0.717) is 106 Å². The fourth-order valence-electron chi connectivity index (χ4n) is 6.19. The van der Waals surface area contributed by atoms with Gasteiger partial charge in [0.25, 0.3) is 0 Å². The number of methoxy groups -OCH3 is 2. The predicted molar refractivity (Wildman–Crippen MR) is 177 cm³/mol. The number of β-amino-alcohol motifs (C(OH)–C–C–N with tert-alkyl or cyclic N) is 1. The largest absolute Gasteiger partial charge is 0.480 e. The lowest BCUT2D eigenvalue weighted by Crippen LogP contribution is -2.59. The molecule has 4 aromatic rings. The molecule has 2 N–H and O–H groups in total. The number of ketones is 1. The predicted octanol–water partition coefficient (Wildman–Crippen LogP) is 5.62. The lowest BCUT2D eigenvalue weighted by Gasteiger charge is -2.44. The fourth-order valence-corrected chi connectivity index (χ4v) is 6.84. The summed E-state index contributed by atoms with van der Waals surface area (Å²) in [6.45, 7) is 4.70. The molecule has 12 heteroatoms. The van der Waals surface area contributed by atoms with Crippen molar-refractivity contribution in [1.29, 1.82) is 0 Å². The maximum Gasteiger partial charge on any atom is 0.237 e. The summed E-state index contributed by atoms with van der Waals surface area (Å²) in [5, 5.41) is 14.4. The normalized spacial score (nSPS) is 17.6. The van der Waals surface area contributed by atoms with E-state index in [4.69, 9.17) is 42.6 Å². The van der Waals surface area contributed by atoms with Gasteiger partial charge in [0.1, 0.15) is 17.2 Å². The Morgan fingerprint density at radius 2 is 1.46 bits per heavy atom. The Bertz CT molecular complexity index is 1760. The first kappa shape index (κ1) is 32.3. The summed E-state index contributed by atoms with van der Waals surface area (Å²) in [6.07, 6.45) is 5.60. The van der Waals surface area contributed by atoms with Crippen LogP contribution in [0, 0.1) is 5.92 Å². The number of hydrogen-bond donors (Lipinski definition) is 2. The molecule has 2 aromatic heterocycles. The molecule has 1 aliphatic carbocycles. The Morgan fingerprint density at radius 3 is 1.98 bits per heavy atom. The molecule has 6 rings (SSSR count). The van der Waals surface area contributed by atoms with E-state index in [1.165, 1.54) is 0 Å². The molecule has 2 aliphatic rings. The first-order chi connectivity index (χ1) is 22.2. The number of carbonyl (C=O) groups excluding carboxylic acids is 1. The van der Waals surface area contributed by atoms with E-state index in [0.717, 1.165) is 24.1 Å². The van der Waals surface area contributed by atoms with Crippen molar-refractivity contribution in [2.75, 3.05) is 33.9 Å². The van der Waals surface area contributed by atoms with Crippen molar-refractivity contribution in [2.24, 2.45) is 5.92 Å². The molecule has 0 radical (unpaired) electrons. The number of halogens is 2. The monoisotopic (exact) mass is 662 g/mol. The van der Waals surface area contributed by atoms with E-state index in [1.807, 2.05) is 43.3 Å². The van der Waals surface area contributed by atoms with Crippen LogP contribution in [0.2, 0.25) is 10.0 Å². The van der Waals surface area contributed by atoms with E-state index < -0.39 is 5.60 Å². The number of carbonyl (C=O) groups is 1. The summed E-state index contributed by atoms with van der Waals surface area (Å²) in [7, 11) is 3.13. The summed E-state index contributed by atoms with van der Waals surface area (Å²) in [5.41, 5.74) is 4.65. The standard InChI is InChI=1S/C34H36Cl2N6O4/c1-34(44)18-42(19-34)17-29-33(46-3)41-27(16-39-29)25-9-5-7-23(31(25)36)22-6-4-8-24(30(22)35)26-15-38-28(32(40-26)45-2)14-37-13-20-10-11-21(43)12-20/h4-9,15-16,20,37,44H,10-14,17-19H2,1-3H3/t20-/m1/s1. The number of rotatable bonds is 11. The number of likely N-dealkylation sites (tertiary alicyclic amines) is 1. The van der Waals surface area contributed by atoms with Gasteiger partial charge in [-0.1, -0.05) is 59.6 Å². The van der Waals surface area contributed by atoms with Gasteiger partial charge in [0.05, 0.1) is 53.6 Å². The molecule has 0 spiro atoms. The first-order valence-corrected chi connectivity index (χ1v) is 16.0. The second kappa shape index (κ2) is 13.6. The van der Waals surface area contributed by atoms with Crippen LogP contribution in [0.15, 0.2) is 48.8 Å². The maximum absolute atomic E-state index is 11.6. The van der Waals surface area contributed by atoms with E-state index in [-0.39, 0.29) is 0 Å². The number of benzene rings is 2. The smallest absolute Gasteiger partial charge is 0.237 e. The number of hydrogen-bond acceptors (Lipinski definition) is 10. The van der Waals surface area contributed by atoms with E-state index >= 15 is 0 Å². The molecule has 1 saturated carbocycles. The lowest BCUT2D eigenvalue weighted by molar-refractivity contribution is -0.117. The van der Waals surface area contributed by atoms with Gasteiger partial charge in [-0.25, -0.2) is 9.97 Å². The number of Topliss-reactive ketones (excluding diaryl/α,β-unsaturated/α-hetero) is 1. The van der Waals surface area contributed by atoms with Crippen molar-refractivity contribution in [1.82, 2.24) is 30.2 Å². The summed E-state index contributed by atoms with van der Waals surface area (Å²) in [5.74, 6) is 1.51. The van der Waals surface area contributed by atoms with Crippen molar-refractivity contribution in [3.05, 3.63) is 70.2 Å². The Kier molecular flexibility index (Phi) is 9.54. The summed E-state index contributed by atoms with van der Waals surface area (Å²) < 4.78 is 11.2. The second-order valence-corrected chi connectivity index (χ2v) is 12.9. The third-order valence-corrected chi connectivity index (χ3v) is 9.24. The number of nitrogens with zero attached hydrogens (tertiary/aromatic N) is 5. The zero-order chi connectivity index (χ0) is 32.4. The van der Waals surface area contributed by atoms with E-state index in [1.54, 1.807) is 26.6 Å². The quantitative estimate of drug-likeness (QED) is 0.209. The van der Waals surface area contributed by atoms with Gasteiger partial charge in [-0.15, -0.1) is 0 Å². The molecule has 240 valence electrons. The number of ether oxygens (including phenoxy) is 2. The SMILES string of the molecule is COc1nc(-c2cccc(-c3cccc(-c4cnc(CN5CC(C)(O)C5)c(OC)n4)c3Cl)c2Cl)cnc1CNC[C@@H]1CCC(=O)C1. The van der Waals surface area contributed by atoms with Gasteiger partial charge in [0.15, 0.2) is 0 Å². The van der Waals surface area contributed by atoms with Gasteiger partial charge in [-0.3, -0.25) is 19.7 Å². The number of nitrogens with one attached hydrogen (secondary N) is 1. The van der Waals surface area contributed by atoms with Gasteiger partial charge >= 0.3 is 0 Å². The minimum Gasteiger partial charge on any atom is -0.480 e. The van der Waals surface area contributed by atoms with Gasteiger partial charge in [-0.05, 0) is 25.8 Å². The molecule has 46 heavy (non-hydrogen) atoms. The van der Waals surface area contributed by atoms with Crippen molar-refractivity contribution in [3.63, 3.8) is 0 Å². The first-order valence-electron chi connectivity index (χ1n) is 15.2. The molecule has 10 nitrogen and oxygen atoms in total. The highest BCUT2D eigenvalue weighted by molar-refractivity contribution is 6.39. The summed E-state index contributed by atoms with van der Waals surface area (Å²) in [6, 6.07) is 11.4. The molecule has 2 aromatic carbocycles. The Hall–Kier alpha value is -3.67. The zero-order valence-corrected chi connectivity index (χ0v) is 27.5. The van der Waals surface area contributed by atoms with E-state index in [2.05, 4.69) is 20.2 Å². The highest BCUT2D eigenvalue weighted by Gasteiger charge is 2.37. The second-order valence-electron chi connectivity index (χ2n) is 12.2. The van der Waals surface area contributed by atoms with Crippen molar-refractivity contribution < 1.29 is 19.4 Å². The van der Waals surface area contributed by atoms with Crippen molar-refractivity contribution >= 4 is 29.0 Å². The Balaban J connectivity index is 1.24. The van der Waals surface area contributed by atoms with Crippen LogP contribution in [-0.4, -0.2) is 75.2 Å². The minimum atomic E-state index is -0.675. The van der Waals surface area contributed by atoms with Crippen LogP contribution in [-0.2, 0) is 17.9 Å². The molecular weight excluding hydrogens is 627 g/mol. The van der Waals surface area contributed by atoms with Gasteiger partial charge in [-0.2, -0.15) is 0 Å². The van der Waals surface area contributed by atoms with Crippen LogP contribution in [0.25, 0.3) is 33.6 Å². The molecule has 1 aliphatic heterocycles. The van der Waals surface area contributed by atoms with Crippen LogP contribution in [0.1, 0.15) is 37.6 Å². The third kappa shape index (κ3) is 6.86. The minimum absolute atomic E-state index is 0.332. The van der Waals surface area contributed by atoms with Crippen LogP contribution < -0.4 is 14.8 Å². The number of aromatic nitrogens is 4. The molecule has 3 heterocycles. The number of aliphatic hydroxyl groups is 1. The average Bonchev–Trinajstić information content (AvgIpc) is 3.45. The highest BCUT2D eigenvalue weighted by atomic mass is 35.5. The van der Waals surface area contributed by atoms with Crippen LogP contribution in [0.5, 0.6) is 11.8 Å². The molecule has 1 atom stereocenters. The lowest BCUT2D eigenvalue weighted by atomic mass is 9.97. The molecule has 0 amide bonds. The average molecular weight is 664 g/mol. The molecular formula is C34H36Cl2N6O4. The summed E-state index contributed by atoms with van der Waals surface area (Å²) in [4.78, 5) is 32.4. The van der Waals surface area contributed by atoms with E-state index in [9.17, 15) is 9.90 Å². The van der Waals surface area contributed by atoms with Crippen molar-refractivity contribution in [3.8, 4) is 45.4 Å². The summed E-state index contributed by atoms with van der Waals surface area (Å²) >= 11 is 14.1. The van der Waals surface area contributed by atoms with Crippen molar-refractivity contribution in [2.45, 2.75) is 44.9 Å². The maximum atomic E-state index is 11.6. The van der Waals surface area contributed by atoms with Gasteiger partial charge in [0.2, 0.25) is 11.8 Å². The fraction of sp³-hybridized carbons (Fsp3) is 0.382. The molecule has 2 fully saturated rings. The zero-order valence-electron chi connectivity index (χ0n) is 26.0. The molecule has 0 bridgehead atoms. The Morgan fingerprint density at radius 1 is 0.913 bits per heavy atom. The Labute approximate surface area is 278 Å².